The van der Waals surface area contributed by atoms with Crippen molar-refractivity contribution in [3.05, 3.63) is 0 Å². The molecule has 58 valence electrons. The lowest BCUT2D eigenvalue weighted by Gasteiger charge is -2.28. The summed E-state index contributed by atoms with van der Waals surface area (Å²) < 4.78 is 5.30. The van der Waals surface area contributed by atoms with E-state index in [1.54, 1.807) is 0 Å². The van der Waals surface area contributed by atoms with E-state index >= 15 is 0 Å². The Morgan fingerprint density at radius 3 is 2.60 bits per heavy atom. The fourth-order valence-corrected chi connectivity index (χ4v) is 1.32. The second-order valence-corrected chi connectivity index (χ2v) is 2.62. The molecule has 4 heteroatoms. The summed E-state index contributed by atoms with van der Waals surface area (Å²) in [7, 11) is 0. The van der Waals surface area contributed by atoms with Gasteiger partial charge in [0.15, 0.2) is 6.79 Å². The maximum absolute atomic E-state index is 5.30. The van der Waals surface area contributed by atoms with Crippen LogP contribution in [0, 0.1) is 0 Å². The van der Waals surface area contributed by atoms with Gasteiger partial charge in [0.25, 0.3) is 0 Å². The van der Waals surface area contributed by atoms with Crippen LogP contribution in [-0.4, -0.2) is 25.7 Å². The van der Waals surface area contributed by atoms with Crippen LogP contribution >= 0.6 is 0 Å². The van der Waals surface area contributed by atoms with Gasteiger partial charge >= 0.3 is 0 Å². The van der Waals surface area contributed by atoms with Crippen molar-refractivity contribution in [2.24, 2.45) is 0 Å². The predicted octanol–water partition coefficient (Wildman–Crippen LogP) is 0.00200. The summed E-state index contributed by atoms with van der Waals surface area (Å²) in [4.78, 5) is 9.71. The first kappa shape index (κ1) is 6.54. The van der Waals surface area contributed by atoms with Crippen molar-refractivity contribution >= 4 is 0 Å². The van der Waals surface area contributed by atoms with E-state index in [-0.39, 0.29) is 6.79 Å². The Labute approximate surface area is 59.4 Å². The number of piperidine rings is 1. The molecule has 0 saturated carbocycles. The van der Waals surface area contributed by atoms with Crippen LogP contribution in [-0.2, 0) is 14.5 Å². The molecular weight excluding hydrogens is 134 g/mol. The van der Waals surface area contributed by atoms with Crippen molar-refractivity contribution < 1.29 is 14.5 Å². The number of rotatable bonds is 0. The van der Waals surface area contributed by atoms with Gasteiger partial charge in [0, 0.05) is 25.9 Å². The molecule has 0 radical (unpaired) electrons. The van der Waals surface area contributed by atoms with Crippen LogP contribution in [0.25, 0.3) is 0 Å². The Balaban J connectivity index is 1.98. The molecule has 0 atom stereocenters. The summed E-state index contributed by atoms with van der Waals surface area (Å²) in [5.41, 5.74) is 0. The van der Waals surface area contributed by atoms with Crippen LogP contribution in [0.4, 0.5) is 0 Å². The maximum Gasteiger partial charge on any atom is 0.206 e. The molecule has 4 nitrogen and oxygen atoms in total. The van der Waals surface area contributed by atoms with Crippen molar-refractivity contribution in [2.75, 3.05) is 19.9 Å². The highest BCUT2D eigenvalue weighted by molar-refractivity contribution is 4.77. The highest BCUT2D eigenvalue weighted by Crippen LogP contribution is 2.28. The summed E-state index contributed by atoms with van der Waals surface area (Å²) in [6.45, 7) is 2.17. The van der Waals surface area contributed by atoms with Crippen LogP contribution in [0.5, 0.6) is 0 Å². The van der Waals surface area contributed by atoms with Gasteiger partial charge in [-0.3, -0.25) is 0 Å². The van der Waals surface area contributed by atoms with Gasteiger partial charge in [-0.2, -0.15) is 4.89 Å². The lowest BCUT2D eigenvalue weighted by atomic mass is 10.1. The van der Waals surface area contributed by atoms with E-state index in [1.165, 1.54) is 0 Å². The van der Waals surface area contributed by atoms with E-state index in [0.717, 1.165) is 25.9 Å². The van der Waals surface area contributed by atoms with Gasteiger partial charge in [0.2, 0.25) is 5.79 Å². The van der Waals surface area contributed by atoms with Gasteiger partial charge in [-0.25, -0.2) is 4.89 Å². The first-order valence-electron chi connectivity index (χ1n) is 3.57. The van der Waals surface area contributed by atoms with Crippen molar-refractivity contribution in [1.82, 2.24) is 5.32 Å². The molecular formula is C6H11NO3. The molecule has 0 aromatic rings. The minimum Gasteiger partial charge on any atom is -0.318 e. The summed E-state index contributed by atoms with van der Waals surface area (Å²) in [6, 6.07) is 0. The van der Waals surface area contributed by atoms with E-state index < -0.39 is 5.79 Å². The molecule has 0 aliphatic carbocycles. The molecule has 2 aliphatic rings. The summed E-state index contributed by atoms with van der Waals surface area (Å²) in [5.74, 6) is -0.411. The zero-order valence-corrected chi connectivity index (χ0v) is 5.76. The number of hydrogen-bond acceptors (Lipinski definition) is 4. The molecule has 0 bridgehead atoms. The number of hydrogen-bond donors (Lipinski definition) is 1. The molecule has 2 rings (SSSR count). The third-order valence-corrected chi connectivity index (χ3v) is 1.95. The van der Waals surface area contributed by atoms with Crippen molar-refractivity contribution in [3.63, 3.8) is 0 Å². The summed E-state index contributed by atoms with van der Waals surface area (Å²) in [6.07, 6.45) is 1.76. The Morgan fingerprint density at radius 2 is 2.00 bits per heavy atom. The van der Waals surface area contributed by atoms with Crippen LogP contribution in [0.15, 0.2) is 0 Å². The lowest BCUT2D eigenvalue weighted by Crippen LogP contribution is -2.42. The maximum atomic E-state index is 5.30. The molecule has 0 aromatic heterocycles. The van der Waals surface area contributed by atoms with E-state index in [4.69, 9.17) is 9.62 Å². The molecule has 0 aromatic carbocycles. The molecule has 2 fully saturated rings. The fourth-order valence-electron chi connectivity index (χ4n) is 1.32. The quantitative estimate of drug-likeness (QED) is 0.487. The van der Waals surface area contributed by atoms with Crippen LogP contribution in [0.3, 0.4) is 0 Å². The van der Waals surface area contributed by atoms with Crippen molar-refractivity contribution in [1.29, 1.82) is 0 Å². The third-order valence-electron chi connectivity index (χ3n) is 1.95. The van der Waals surface area contributed by atoms with Gasteiger partial charge in [-0.15, -0.1) is 0 Å². The minimum absolute atomic E-state index is 0.278. The van der Waals surface area contributed by atoms with Gasteiger partial charge in [0.05, 0.1) is 0 Å². The molecule has 10 heavy (non-hydrogen) atoms. The van der Waals surface area contributed by atoms with E-state index in [0.29, 0.717) is 0 Å². The van der Waals surface area contributed by atoms with Gasteiger partial charge in [0.1, 0.15) is 0 Å². The SMILES string of the molecule is C1CC2(CCN1)OCOO2. The number of nitrogens with one attached hydrogen (secondary N) is 1. The molecule has 1 spiro atoms. The lowest BCUT2D eigenvalue weighted by molar-refractivity contribution is -0.326. The normalized spacial score (nSPS) is 31.2. The molecule has 2 saturated heterocycles. The molecule has 0 amide bonds. The van der Waals surface area contributed by atoms with E-state index in [9.17, 15) is 0 Å². The Morgan fingerprint density at radius 1 is 1.20 bits per heavy atom. The second-order valence-electron chi connectivity index (χ2n) is 2.62. The van der Waals surface area contributed by atoms with Gasteiger partial charge in [-0.1, -0.05) is 0 Å². The molecule has 1 N–H and O–H groups in total. The van der Waals surface area contributed by atoms with E-state index in [2.05, 4.69) is 10.2 Å². The highest BCUT2D eigenvalue weighted by atomic mass is 17.3. The zero-order valence-electron chi connectivity index (χ0n) is 5.76. The van der Waals surface area contributed by atoms with Crippen LogP contribution in [0.1, 0.15) is 12.8 Å². The summed E-state index contributed by atoms with van der Waals surface area (Å²) >= 11 is 0. The summed E-state index contributed by atoms with van der Waals surface area (Å²) in [5, 5.41) is 3.22. The average Bonchev–Trinajstić information content (AvgIpc) is 2.39. The Bertz CT molecular complexity index is 114. The zero-order chi connectivity index (χ0) is 6.86. The highest BCUT2D eigenvalue weighted by Gasteiger charge is 2.39. The standard InChI is InChI=1S/C6H11NO3/c1-3-7-4-2-6(1)8-5-9-10-6/h7H,1-5H2. The first-order valence-corrected chi connectivity index (χ1v) is 3.57. The van der Waals surface area contributed by atoms with Crippen LogP contribution in [0.2, 0.25) is 0 Å². The monoisotopic (exact) mass is 145 g/mol. The van der Waals surface area contributed by atoms with Gasteiger partial charge < -0.3 is 10.1 Å². The third kappa shape index (κ3) is 1.03. The molecule has 2 heterocycles. The minimum atomic E-state index is -0.411. The Hall–Kier alpha value is -0.160. The topological polar surface area (TPSA) is 39.7 Å². The predicted molar refractivity (Wildman–Crippen MR) is 33.0 cm³/mol. The smallest absolute Gasteiger partial charge is 0.206 e. The first-order chi connectivity index (χ1) is 4.91. The van der Waals surface area contributed by atoms with Crippen molar-refractivity contribution in [3.8, 4) is 0 Å². The van der Waals surface area contributed by atoms with Crippen LogP contribution < -0.4 is 5.32 Å². The fraction of sp³-hybridized carbons (Fsp3) is 1.00. The van der Waals surface area contributed by atoms with Crippen molar-refractivity contribution in [2.45, 2.75) is 18.6 Å². The average molecular weight is 145 g/mol. The second kappa shape index (κ2) is 2.47. The van der Waals surface area contributed by atoms with E-state index in [1.807, 2.05) is 0 Å². The molecule has 2 aliphatic heterocycles. The largest absolute Gasteiger partial charge is 0.318 e. The number of ether oxygens (including phenoxy) is 1. The van der Waals surface area contributed by atoms with Gasteiger partial charge in [-0.05, 0) is 0 Å². The molecule has 0 unspecified atom stereocenters. The Kier molecular flexibility index (Phi) is 1.61.